The molecule has 24 heteroatoms. The molecule has 1 heterocycles. The fourth-order valence-corrected chi connectivity index (χ4v) is 7.87. The molecule has 1 aliphatic heterocycles. The summed E-state index contributed by atoms with van der Waals surface area (Å²) in [6.45, 7) is 11.2. The number of likely N-dealkylation sites (N-methyl/N-ethyl adjacent to an activating group) is 1. The van der Waals surface area contributed by atoms with Crippen molar-refractivity contribution in [2.24, 2.45) is 34.2 Å². The third-order valence-electron chi connectivity index (χ3n) is 11.9. The van der Waals surface area contributed by atoms with Crippen molar-refractivity contribution in [2.75, 3.05) is 32.7 Å². The number of carbonyl (C=O) groups excluding carboxylic acids is 7. The average molecular weight is 1030 g/mol. The first-order valence-corrected chi connectivity index (χ1v) is 25.0. The molecule has 11 unspecified atom stereocenters. The third kappa shape index (κ3) is 20.4. The minimum absolute atomic E-state index is 0.00331. The first-order valence-electron chi connectivity index (χ1n) is 23.3. The Kier molecular flexibility index (Phi) is 25.5. The van der Waals surface area contributed by atoms with E-state index >= 15 is 0 Å². The van der Waals surface area contributed by atoms with Crippen molar-refractivity contribution in [1.29, 1.82) is 0 Å². The van der Waals surface area contributed by atoms with Crippen LogP contribution in [0, 0.1) is 17.8 Å². The van der Waals surface area contributed by atoms with Gasteiger partial charge in [0.15, 0.2) is 5.96 Å². The quantitative estimate of drug-likeness (QED) is 0.0323. The summed E-state index contributed by atoms with van der Waals surface area (Å²) in [6.07, 6.45) is 5.54. The van der Waals surface area contributed by atoms with Gasteiger partial charge in [-0.2, -0.15) is 0 Å². The van der Waals surface area contributed by atoms with E-state index in [0.29, 0.717) is 12.0 Å². The Morgan fingerprint density at radius 1 is 0.875 bits per heavy atom. The number of guanidine groups is 1. The lowest BCUT2D eigenvalue weighted by atomic mass is 9.94. The lowest BCUT2D eigenvalue weighted by Gasteiger charge is -2.28. The van der Waals surface area contributed by atoms with Crippen LogP contribution in [0.15, 0.2) is 71.4 Å². The van der Waals surface area contributed by atoms with E-state index in [0.717, 1.165) is 10.5 Å². The monoisotopic (exact) mass is 1030 g/mol. The van der Waals surface area contributed by atoms with Gasteiger partial charge in [-0.3, -0.25) is 42.8 Å². The minimum Gasteiger partial charge on any atom is -0.480 e. The van der Waals surface area contributed by atoms with Crippen LogP contribution < -0.4 is 43.4 Å². The van der Waals surface area contributed by atoms with E-state index in [1.165, 1.54) is 40.2 Å². The van der Waals surface area contributed by atoms with Gasteiger partial charge in [-0.15, -0.1) is 0 Å². The number of aliphatic imine (C=N–C) groups is 1. The molecule has 23 nitrogen and oxygen atoms in total. The highest BCUT2D eigenvalue weighted by atomic mass is 32.2. The predicted molar refractivity (Wildman–Crippen MR) is 268 cm³/mol. The molecule has 11 atom stereocenters. The molecule has 1 aliphatic rings. The number of benzene rings is 1. The van der Waals surface area contributed by atoms with Crippen LogP contribution in [0.5, 0.6) is 0 Å². The van der Waals surface area contributed by atoms with Gasteiger partial charge in [0.2, 0.25) is 35.4 Å². The van der Waals surface area contributed by atoms with Gasteiger partial charge in [0.1, 0.15) is 35.9 Å². The van der Waals surface area contributed by atoms with Gasteiger partial charge in [0, 0.05) is 55.8 Å². The number of allylic oxidation sites excluding steroid dienone is 2. The summed E-state index contributed by atoms with van der Waals surface area (Å²) < 4.78 is 17.9. The lowest BCUT2D eigenvalue weighted by molar-refractivity contribution is -0.146. The SMILES string of the molecule is C=C1C(=O)NC(C)C(=O)NC(CCS(C)=O)C(=O)NC(C(=O)O)C(C)C(=O)NC(CCCN=C(N)N)C(=O)NC(C=CC(C)=CC(C)C(Cc2ccccc2)OC)C(C)C(=O)NC(C(=O)O)CCC(=O)N1C. The zero-order chi connectivity index (χ0) is 54.4. The van der Waals surface area contributed by atoms with E-state index in [1.807, 2.05) is 43.3 Å². The number of amides is 7. The van der Waals surface area contributed by atoms with Crippen LogP contribution in [-0.4, -0.2) is 154 Å². The Morgan fingerprint density at radius 2 is 1.47 bits per heavy atom. The van der Waals surface area contributed by atoms with Crippen LogP contribution in [0.25, 0.3) is 0 Å². The number of methoxy groups -OCH3 is 1. The standard InChI is InChI=1S/C48H72N10O13S/c1-26(24-27(2)37(71-8)25-32-14-11-10-12-15-32)17-18-33-28(3)40(60)56-36(46(66)67)19-20-38(59)58(7)31(6)43(63)52-30(5)42(62)55-35(21-23-72(9)70)45(65)57-39(47(68)69)29(4)41(61)54-34(44(64)53-33)16-13-22-51-48(49)50/h10-12,14-15,17-18,24,27-30,33-37,39H,6,13,16,19-23,25H2,1-5,7-9H3,(H,52,63)(H,53,64)(H,54,61)(H,55,62)(H,56,60)(H,57,65)(H,66,67)(H,68,69)(H4,49,50,51). The number of nitrogens with two attached hydrogens (primary N) is 2. The summed E-state index contributed by atoms with van der Waals surface area (Å²) in [4.78, 5) is 126. The molecular formula is C48H72N10O13S. The summed E-state index contributed by atoms with van der Waals surface area (Å²) in [5.41, 5.74) is 12.3. The molecule has 1 aromatic rings. The maximum Gasteiger partial charge on any atom is 0.327 e. The molecule has 0 saturated carbocycles. The number of hydrogen-bond donors (Lipinski definition) is 10. The van der Waals surface area contributed by atoms with Gasteiger partial charge in [-0.25, -0.2) is 9.59 Å². The topological polar surface area (TPSA) is 360 Å². The first kappa shape index (κ1) is 61.2. The molecule has 72 heavy (non-hydrogen) atoms. The van der Waals surface area contributed by atoms with E-state index in [2.05, 4.69) is 43.5 Å². The van der Waals surface area contributed by atoms with Crippen molar-refractivity contribution in [3.05, 3.63) is 72.0 Å². The Morgan fingerprint density at radius 3 is 2.06 bits per heavy atom. The van der Waals surface area contributed by atoms with Gasteiger partial charge in [0.05, 0.1) is 24.0 Å². The molecule has 1 fully saturated rings. The van der Waals surface area contributed by atoms with Crippen molar-refractivity contribution in [2.45, 2.75) is 115 Å². The minimum atomic E-state index is -1.96. The second kappa shape index (κ2) is 30.0. The molecule has 0 aromatic heterocycles. The molecule has 0 aliphatic carbocycles. The van der Waals surface area contributed by atoms with Crippen LogP contribution in [0.1, 0.15) is 72.3 Å². The summed E-state index contributed by atoms with van der Waals surface area (Å²) in [5, 5.41) is 35.2. The molecule has 0 radical (unpaired) electrons. The summed E-state index contributed by atoms with van der Waals surface area (Å²) in [5.74, 6) is -13.0. The summed E-state index contributed by atoms with van der Waals surface area (Å²) >= 11 is 0. The van der Waals surface area contributed by atoms with Crippen LogP contribution >= 0.6 is 0 Å². The number of carboxylic acids is 2. The van der Waals surface area contributed by atoms with Crippen molar-refractivity contribution in [3.63, 3.8) is 0 Å². The summed E-state index contributed by atoms with van der Waals surface area (Å²) in [6, 6.07) is 0.558. The zero-order valence-corrected chi connectivity index (χ0v) is 42.9. The summed E-state index contributed by atoms with van der Waals surface area (Å²) in [7, 11) is 1.29. The highest BCUT2D eigenvalue weighted by Gasteiger charge is 2.37. The molecule has 0 bridgehead atoms. The van der Waals surface area contributed by atoms with Gasteiger partial charge in [-0.1, -0.05) is 81.5 Å². The van der Waals surface area contributed by atoms with E-state index < -0.39 is 131 Å². The van der Waals surface area contributed by atoms with Gasteiger partial charge in [-0.05, 0) is 51.5 Å². The predicted octanol–water partition coefficient (Wildman–Crippen LogP) is -0.659. The fourth-order valence-electron chi connectivity index (χ4n) is 7.31. The van der Waals surface area contributed by atoms with E-state index in [-0.39, 0.29) is 49.5 Å². The van der Waals surface area contributed by atoms with Crippen LogP contribution in [0.4, 0.5) is 0 Å². The van der Waals surface area contributed by atoms with Crippen molar-refractivity contribution in [1.82, 2.24) is 36.8 Å². The highest BCUT2D eigenvalue weighted by molar-refractivity contribution is 7.84. The smallest absolute Gasteiger partial charge is 0.327 e. The van der Waals surface area contributed by atoms with Crippen molar-refractivity contribution < 1.29 is 62.3 Å². The van der Waals surface area contributed by atoms with Gasteiger partial charge in [0.25, 0.3) is 5.91 Å². The normalized spacial score (nSPS) is 25.5. The molecule has 1 saturated heterocycles. The number of ether oxygens (including phenoxy) is 1. The number of rotatable bonds is 16. The maximum atomic E-state index is 14.4. The zero-order valence-electron chi connectivity index (χ0n) is 42.1. The maximum absolute atomic E-state index is 14.4. The molecular weight excluding hydrogens is 957 g/mol. The second-order valence-electron chi connectivity index (χ2n) is 17.7. The Hall–Kier alpha value is -6.95. The molecule has 12 N–H and O–H groups in total. The highest BCUT2D eigenvalue weighted by Crippen LogP contribution is 2.19. The van der Waals surface area contributed by atoms with Crippen molar-refractivity contribution in [3.8, 4) is 0 Å². The number of hydrogen-bond acceptors (Lipinski definition) is 12. The van der Waals surface area contributed by atoms with Crippen LogP contribution in [0.2, 0.25) is 0 Å². The van der Waals surface area contributed by atoms with E-state index in [4.69, 9.17) is 16.2 Å². The second-order valence-corrected chi connectivity index (χ2v) is 19.3. The van der Waals surface area contributed by atoms with Crippen LogP contribution in [-0.2, 0) is 65.1 Å². The Bertz CT molecular complexity index is 2240. The van der Waals surface area contributed by atoms with Gasteiger partial charge < -0.3 is 63.2 Å². The number of carboxylic acid groups (broad SMARTS) is 2. The van der Waals surface area contributed by atoms with E-state index in [1.54, 1.807) is 20.1 Å². The number of nitrogens with one attached hydrogen (secondary N) is 6. The average Bonchev–Trinajstić information content (AvgIpc) is 3.32. The number of carbonyl (C=O) groups is 9. The molecule has 2 rings (SSSR count). The molecule has 1 aromatic carbocycles. The fraction of sp³-hybridized carbons (Fsp3) is 0.542. The largest absolute Gasteiger partial charge is 0.480 e. The van der Waals surface area contributed by atoms with Gasteiger partial charge >= 0.3 is 11.9 Å². The lowest BCUT2D eigenvalue weighted by Crippen LogP contribution is -2.59. The van der Waals surface area contributed by atoms with E-state index in [9.17, 15) is 57.6 Å². The molecule has 0 spiro atoms. The number of nitrogens with zero attached hydrogens (tertiary/aromatic N) is 2. The molecule has 7 amide bonds. The Labute approximate surface area is 422 Å². The number of aliphatic carboxylic acids is 2. The van der Waals surface area contributed by atoms with Crippen LogP contribution in [0.3, 0.4) is 0 Å². The molecule has 398 valence electrons. The first-order chi connectivity index (χ1) is 33.8. The van der Waals surface area contributed by atoms with Crippen molar-refractivity contribution >= 4 is 70.0 Å². The Balaban J connectivity index is 2.74. The third-order valence-corrected chi connectivity index (χ3v) is 12.8.